The number of nitrogens with one attached hydrogen (secondary N) is 1. The van der Waals surface area contributed by atoms with Crippen molar-refractivity contribution in [2.45, 2.75) is 86.5 Å². The molecule has 2 atom stereocenters. The molecule has 1 fully saturated rings. The standard InChI is InChI=1S/C14H17N5.C5H13N.C3H8.C2H6.2CH2O/c1-2-9-4-3-5-10(9)14-18-17-12-8-16-13-11(19(12)14)6-7-15-13;1-4-6(3)5-2;1-3-2;3*1-2/h6-10,15H,2-5H2,1H3;4-5H2,1-3H3;3H2,1-2H3;1-2H3;2*1H2. The van der Waals surface area contributed by atoms with Crippen molar-refractivity contribution in [3.63, 3.8) is 0 Å². The number of fused-ring (bicyclic) bond motifs is 3. The molecular weight excluding hydrogens is 428 g/mol. The fraction of sp³-hybridized carbons (Fsp3) is 0.654. The van der Waals surface area contributed by atoms with Gasteiger partial charge in [0.2, 0.25) is 0 Å². The molecule has 8 heteroatoms. The van der Waals surface area contributed by atoms with Gasteiger partial charge in [-0.1, -0.05) is 67.7 Å². The highest BCUT2D eigenvalue weighted by Gasteiger charge is 2.31. The van der Waals surface area contributed by atoms with Crippen LogP contribution in [0.4, 0.5) is 0 Å². The molecule has 34 heavy (non-hydrogen) atoms. The number of nitrogens with zero attached hydrogens (tertiary/aromatic N) is 5. The number of carbonyl (C=O) groups excluding carboxylic acids is 2. The number of H-pyrrole nitrogens is 1. The maximum Gasteiger partial charge on any atom is 0.179 e. The Morgan fingerprint density at radius 3 is 2.12 bits per heavy atom. The van der Waals surface area contributed by atoms with Gasteiger partial charge in [0, 0.05) is 12.1 Å². The average molecular weight is 477 g/mol. The Balaban J connectivity index is 0. The molecule has 0 amide bonds. The summed E-state index contributed by atoms with van der Waals surface area (Å²) < 4.78 is 2.18. The van der Waals surface area contributed by atoms with E-state index in [-0.39, 0.29) is 0 Å². The summed E-state index contributed by atoms with van der Waals surface area (Å²) in [6.07, 6.45) is 10.0. The first kappa shape index (κ1) is 33.6. The summed E-state index contributed by atoms with van der Waals surface area (Å²) in [6.45, 7) is 21.2. The van der Waals surface area contributed by atoms with Gasteiger partial charge in [0.05, 0.1) is 11.7 Å². The van der Waals surface area contributed by atoms with Gasteiger partial charge in [-0.05, 0) is 45.0 Å². The van der Waals surface area contributed by atoms with Crippen molar-refractivity contribution in [1.82, 2.24) is 29.5 Å². The highest BCUT2D eigenvalue weighted by atomic mass is 16.1. The van der Waals surface area contributed by atoms with Crippen LogP contribution in [-0.2, 0) is 9.59 Å². The second-order valence-corrected chi connectivity index (χ2v) is 7.62. The Morgan fingerprint density at radius 2 is 1.62 bits per heavy atom. The topological polar surface area (TPSA) is 96.2 Å². The van der Waals surface area contributed by atoms with Crippen LogP contribution >= 0.6 is 0 Å². The Hall–Kier alpha value is -2.61. The summed E-state index contributed by atoms with van der Waals surface area (Å²) in [6, 6.07) is 2.05. The second-order valence-electron chi connectivity index (χ2n) is 7.62. The summed E-state index contributed by atoms with van der Waals surface area (Å²) in [5.74, 6) is 2.40. The van der Waals surface area contributed by atoms with Crippen molar-refractivity contribution in [2.24, 2.45) is 5.92 Å². The molecule has 3 heterocycles. The van der Waals surface area contributed by atoms with Gasteiger partial charge < -0.3 is 19.5 Å². The molecule has 0 saturated heterocycles. The van der Waals surface area contributed by atoms with Crippen molar-refractivity contribution in [2.75, 3.05) is 20.1 Å². The van der Waals surface area contributed by atoms with Crippen molar-refractivity contribution < 1.29 is 9.59 Å². The summed E-state index contributed by atoms with van der Waals surface area (Å²) in [7, 11) is 2.11. The van der Waals surface area contributed by atoms with E-state index >= 15 is 0 Å². The highest BCUT2D eigenvalue weighted by Crippen LogP contribution is 2.40. The molecule has 3 aromatic rings. The van der Waals surface area contributed by atoms with Crippen molar-refractivity contribution in [3.8, 4) is 0 Å². The highest BCUT2D eigenvalue weighted by molar-refractivity contribution is 5.74. The van der Waals surface area contributed by atoms with Gasteiger partial charge >= 0.3 is 0 Å². The first-order valence-electron chi connectivity index (χ1n) is 12.5. The molecule has 2 unspecified atom stereocenters. The molecule has 1 N–H and O–H groups in total. The molecule has 0 aromatic carbocycles. The van der Waals surface area contributed by atoms with Crippen LogP contribution in [0.5, 0.6) is 0 Å². The molecule has 194 valence electrons. The normalized spacial score (nSPS) is 15.9. The zero-order valence-corrected chi connectivity index (χ0v) is 22.8. The van der Waals surface area contributed by atoms with Gasteiger partial charge in [0.15, 0.2) is 11.3 Å². The zero-order valence-electron chi connectivity index (χ0n) is 22.8. The number of carbonyl (C=O) groups is 2. The van der Waals surface area contributed by atoms with Gasteiger partial charge in [-0.25, -0.2) is 4.98 Å². The predicted molar refractivity (Wildman–Crippen MR) is 143 cm³/mol. The lowest BCUT2D eigenvalue weighted by Gasteiger charge is -2.16. The molecule has 1 aliphatic rings. The van der Waals surface area contributed by atoms with E-state index in [1.54, 1.807) is 6.20 Å². The molecule has 1 saturated carbocycles. The van der Waals surface area contributed by atoms with E-state index in [0.717, 1.165) is 41.6 Å². The van der Waals surface area contributed by atoms with E-state index in [4.69, 9.17) is 9.59 Å². The summed E-state index contributed by atoms with van der Waals surface area (Å²) in [4.78, 5) is 25.8. The molecule has 0 spiro atoms. The van der Waals surface area contributed by atoms with Gasteiger partial charge in [0.1, 0.15) is 19.4 Å². The molecule has 0 bridgehead atoms. The largest absolute Gasteiger partial charge is 0.345 e. The Kier molecular flexibility index (Phi) is 20.7. The van der Waals surface area contributed by atoms with E-state index in [1.165, 1.54) is 32.1 Å². The first-order valence-corrected chi connectivity index (χ1v) is 12.5. The van der Waals surface area contributed by atoms with E-state index < -0.39 is 0 Å². The third-order valence-corrected chi connectivity index (χ3v) is 5.56. The first-order chi connectivity index (χ1) is 16.6. The number of aromatic amines is 1. The lowest BCUT2D eigenvalue weighted by Crippen LogP contribution is -2.15. The lowest BCUT2D eigenvalue weighted by molar-refractivity contribution is -0.0987. The SMILES string of the molecule is C=O.C=O.CC.CCC.CCC1CCCC1c1nnc2cnc3[nH]ccc3n12.CCN(C)CC. The molecule has 1 aliphatic carbocycles. The smallest absolute Gasteiger partial charge is 0.179 e. The Bertz CT molecular complexity index is 857. The predicted octanol–water partition coefficient (Wildman–Crippen LogP) is 5.93. The van der Waals surface area contributed by atoms with Crippen molar-refractivity contribution >= 4 is 30.4 Å². The molecular formula is C26H48N6O2. The van der Waals surface area contributed by atoms with Crippen LogP contribution in [0.25, 0.3) is 16.8 Å². The maximum absolute atomic E-state index is 8.00. The van der Waals surface area contributed by atoms with Gasteiger partial charge in [-0.2, -0.15) is 0 Å². The van der Waals surface area contributed by atoms with Crippen molar-refractivity contribution in [1.29, 1.82) is 0 Å². The minimum atomic E-state index is 0.542. The summed E-state index contributed by atoms with van der Waals surface area (Å²) in [5, 5.41) is 8.76. The van der Waals surface area contributed by atoms with Crippen LogP contribution in [-0.4, -0.2) is 63.2 Å². The Morgan fingerprint density at radius 1 is 1.03 bits per heavy atom. The van der Waals surface area contributed by atoms with Gasteiger partial charge in [-0.3, -0.25) is 4.40 Å². The van der Waals surface area contributed by atoms with Gasteiger partial charge in [0.25, 0.3) is 0 Å². The molecule has 8 nitrogen and oxygen atoms in total. The molecule has 0 aliphatic heterocycles. The van der Waals surface area contributed by atoms with Crippen LogP contribution in [0.3, 0.4) is 0 Å². The zero-order chi connectivity index (χ0) is 26.5. The van der Waals surface area contributed by atoms with E-state index in [0.29, 0.717) is 5.92 Å². The van der Waals surface area contributed by atoms with Crippen LogP contribution in [0.2, 0.25) is 0 Å². The van der Waals surface area contributed by atoms with Crippen LogP contribution in [0.1, 0.15) is 92.3 Å². The second kappa shape index (κ2) is 21.0. The van der Waals surface area contributed by atoms with Crippen LogP contribution in [0, 0.1) is 5.92 Å². The van der Waals surface area contributed by atoms with Crippen LogP contribution < -0.4 is 0 Å². The van der Waals surface area contributed by atoms with Crippen molar-refractivity contribution in [3.05, 3.63) is 24.3 Å². The van der Waals surface area contributed by atoms with E-state index in [2.05, 4.69) is 77.2 Å². The third-order valence-electron chi connectivity index (χ3n) is 5.56. The molecule has 0 radical (unpaired) electrons. The van der Waals surface area contributed by atoms with Crippen LogP contribution in [0.15, 0.2) is 18.5 Å². The number of aromatic nitrogens is 5. The summed E-state index contributed by atoms with van der Waals surface area (Å²) >= 11 is 0. The van der Waals surface area contributed by atoms with E-state index in [1.807, 2.05) is 33.6 Å². The van der Waals surface area contributed by atoms with E-state index in [9.17, 15) is 0 Å². The quantitative estimate of drug-likeness (QED) is 0.501. The maximum atomic E-state index is 8.00. The average Bonchev–Trinajstić information content (AvgIpc) is 3.66. The minimum Gasteiger partial charge on any atom is -0.345 e. The van der Waals surface area contributed by atoms with Gasteiger partial charge in [-0.15, -0.1) is 10.2 Å². The summed E-state index contributed by atoms with van der Waals surface area (Å²) in [5.41, 5.74) is 2.84. The lowest BCUT2D eigenvalue weighted by atomic mass is 9.93. The fourth-order valence-electron chi connectivity index (χ4n) is 3.73. The number of hydrogen-bond donors (Lipinski definition) is 1. The monoisotopic (exact) mass is 476 g/mol. The number of hydrogen-bond acceptors (Lipinski definition) is 6. The minimum absolute atomic E-state index is 0.542. The third kappa shape index (κ3) is 9.71. The number of rotatable bonds is 4. The Labute approximate surface area is 206 Å². The fourth-order valence-corrected chi connectivity index (χ4v) is 3.73. The molecule has 4 rings (SSSR count). The molecule has 3 aromatic heterocycles.